The first kappa shape index (κ1) is 31.4. The molecular weight excluding hydrogens is 467 g/mol. The van der Waals surface area contributed by atoms with Crippen molar-refractivity contribution in [2.24, 2.45) is 5.92 Å². The van der Waals surface area contributed by atoms with Crippen LogP contribution in [-0.2, 0) is 0 Å². The maximum atomic E-state index is 12.4. The Morgan fingerprint density at radius 3 is 2.05 bits per heavy atom. The Hall–Kier alpha value is -3.68. The average molecular weight is 509 g/mol. The normalized spacial score (nSPS) is 10.7. The molecule has 4 rings (SSSR count). The molecule has 7 nitrogen and oxygen atoms in total. The van der Waals surface area contributed by atoms with Crippen molar-refractivity contribution in [2.45, 2.75) is 68.2 Å². The van der Waals surface area contributed by atoms with Crippen LogP contribution in [0.15, 0.2) is 55.1 Å². The van der Waals surface area contributed by atoms with Crippen molar-refractivity contribution in [3.8, 4) is 22.8 Å². The van der Waals surface area contributed by atoms with Gasteiger partial charge in [-0.05, 0) is 43.5 Å². The minimum absolute atomic E-state index is 0.283. The lowest BCUT2D eigenvalue weighted by Gasteiger charge is -2.15. The second kappa shape index (κ2) is 16.1. The van der Waals surface area contributed by atoms with Gasteiger partial charge in [-0.1, -0.05) is 60.6 Å². The molecule has 0 spiro atoms. The van der Waals surface area contributed by atoms with Crippen LogP contribution in [0, 0.1) is 25.6 Å². The van der Waals surface area contributed by atoms with E-state index in [-0.39, 0.29) is 11.7 Å². The highest BCUT2D eigenvalue weighted by Crippen LogP contribution is 2.31. The van der Waals surface area contributed by atoms with Crippen LogP contribution in [0.4, 0.5) is 4.39 Å². The molecule has 0 saturated heterocycles. The lowest BCUT2D eigenvalue weighted by Crippen LogP contribution is -2.06. The van der Waals surface area contributed by atoms with Crippen molar-refractivity contribution in [2.75, 3.05) is 7.11 Å². The van der Waals surface area contributed by atoms with Crippen LogP contribution >= 0.6 is 0 Å². The Bertz CT molecular complexity index is 1180. The Morgan fingerprint density at radius 1 is 0.865 bits per heavy atom. The standard InChI is InChI=1S/C16H16N4O.C9H13FN2.2C2H6/c1-11-6-4-8-14(21-3)15(11)20-12(2)18-19-16(20)13-7-5-9-17-10-13;1-6(2)7(3)9-11-4-8(10)5-12-9;2*1-2/h4-10H,1-3H3;4-7H,1-3H3;2*1-2H3/t;7-;;/m.0../s1. The second-order valence-corrected chi connectivity index (χ2v) is 8.07. The van der Waals surface area contributed by atoms with Gasteiger partial charge in [-0.15, -0.1) is 10.2 Å². The number of rotatable bonds is 5. The SMILES string of the molecule is CC.CC.CC(C)[C@H](C)c1ncc(F)cn1.COc1cccc(C)c1-n1c(C)nnc1-c1cccnc1. The summed E-state index contributed by atoms with van der Waals surface area (Å²) in [6.07, 6.45) is 5.94. The maximum absolute atomic E-state index is 12.4. The quantitative estimate of drug-likeness (QED) is 0.280. The first-order valence-corrected chi connectivity index (χ1v) is 12.8. The van der Waals surface area contributed by atoms with Gasteiger partial charge in [-0.3, -0.25) is 9.55 Å². The fraction of sp³-hybridized carbons (Fsp3) is 0.414. The average Bonchev–Trinajstić information content (AvgIpc) is 3.32. The van der Waals surface area contributed by atoms with Crippen LogP contribution in [0.2, 0.25) is 0 Å². The molecule has 1 aromatic carbocycles. The van der Waals surface area contributed by atoms with E-state index in [0.717, 1.165) is 34.2 Å². The summed E-state index contributed by atoms with van der Waals surface area (Å²) in [5.41, 5.74) is 2.98. The lowest BCUT2D eigenvalue weighted by atomic mass is 9.97. The van der Waals surface area contributed by atoms with Gasteiger partial charge in [0.05, 0.1) is 25.2 Å². The third-order valence-corrected chi connectivity index (χ3v) is 5.44. The molecule has 37 heavy (non-hydrogen) atoms. The molecule has 3 aromatic heterocycles. The number of methoxy groups -OCH3 is 1. The number of hydrogen-bond acceptors (Lipinski definition) is 6. The molecule has 0 N–H and O–H groups in total. The van der Waals surface area contributed by atoms with Gasteiger partial charge in [0.15, 0.2) is 11.6 Å². The Kier molecular flexibility index (Phi) is 13.7. The van der Waals surface area contributed by atoms with Crippen LogP contribution in [-0.4, -0.2) is 36.8 Å². The number of halogens is 1. The highest BCUT2D eigenvalue weighted by Gasteiger charge is 2.18. The largest absolute Gasteiger partial charge is 0.495 e. The smallest absolute Gasteiger partial charge is 0.170 e. The minimum Gasteiger partial charge on any atom is -0.495 e. The molecule has 0 saturated carbocycles. The Morgan fingerprint density at radius 2 is 1.51 bits per heavy atom. The molecule has 8 heteroatoms. The van der Waals surface area contributed by atoms with Gasteiger partial charge in [-0.2, -0.15) is 0 Å². The predicted octanol–water partition coefficient (Wildman–Crippen LogP) is 7.38. The molecule has 1 atom stereocenters. The van der Waals surface area contributed by atoms with Crippen LogP contribution < -0.4 is 4.74 Å². The van der Waals surface area contributed by atoms with Gasteiger partial charge in [0.2, 0.25) is 0 Å². The van der Waals surface area contributed by atoms with Gasteiger partial charge < -0.3 is 4.74 Å². The van der Waals surface area contributed by atoms with E-state index < -0.39 is 0 Å². The molecule has 3 heterocycles. The van der Waals surface area contributed by atoms with Gasteiger partial charge in [0.1, 0.15) is 17.4 Å². The summed E-state index contributed by atoms with van der Waals surface area (Å²) in [6.45, 7) is 18.2. The number of hydrogen-bond donors (Lipinski definition) is 0. The van der Waals surface area contributed by atoms with Crippen LogP contribution in [0.25, 0.3) is 17.1 Å². The highest BCUT2D eigenvalue weighted by molar-refractivity contribution is 5.62. The number of ether oxygens (including phenoxy) is 1. The van der Waals surface area contributed by atoms with E-state index in [1.54, 1.807) is 19.5 Å². The van der Waals surface area contributed by atoms with E-state index in [2.05, 4.69) is 39.0 Å². The molecule has 0 amide bonds. The predicted molar refractivity (Wildman–Crippen MR) is 149 cm³/mol. The van der Waals surface area contributed by atoms with Crippen LogP contribution in [0.1, 0.15) is 71.6 Å². The Balaban J connectivity index is 0.000000365. The third kappa shape index (κ3) is 8.44. The van der Waals surface area contributed by atoms with Gasteiger partial charge >= 0.3 is 0 Å². The van der Waals surface area contributed by atoms with Crippen molar-refractivity contribution in [1.82, 2.24) is 29.7 Å². The number of aromatic nitrogens is 6. The summed E-state index contributed by atoms with van der Waals surface area (Å²) in [5.74, 6) is 3.46. The highest BCUT2D eigenvalue weighted by atomic mass is 19.1. The molecule has 4 aromatic rings. The third-order valence-electron chi connectivity index (χ3n) is 5.44. The zero-order valence-electron chi connectivity index (χ0n) is 23.8. The van der Waals surface area contributed by atoms with E-state index in [0.29, 0.717) is 11.7 Å². The molecule has 200 valence electrons. The molecule has 0 unspecified atom stereocenters. The molecule has 0 fully saturated rings. The first-order chi connectivity index (χ1) is 17.8. The summed E-state index contributed by atoms with van der Waals surface area (Å²) >= 11 is 0. The summed E-state index contributed by atoms with van der Waals surface area (Å²) in [4.78, 5) is 12.0. The number of aryl methyl sites for hydroxylation is 2. The lowest BCUT2D eigenvalue weighted by molar-refractivity contribution is 0.412. The van der Waals surface area contributed by atoms with Gasteiger partial charge in [0, 0.05) is 23.9 Å². The first-order valence-electron chi connectivity index (χ1n) is 12.8. The molecule has 0 radical (unpaired) electrons. The molecule has 0 aliphatic carbocycles. The monoisotopic (exact) mass is 508 g/mol. The van der Waals surface area contributed by atoms with Crippen LogP contribution in [0.5, 0.6) is 5.75 Å². The Labute approximate surface area is 221 Å². The van der Waals surface area contributed by atoms with E-state index in [1.165, 1.54) is 12.4 Å². The fourth-order valence-electron chi connectivity index (χ4n) is 3.25. The molecule has 0 aliphatic rings. The van der Waals surface area contributed by atoms with E-state index >= 15 is 0 Å². The van der Waals surface area contributed by atoms with Gasteiger partial charge in [-0.25, -0.2) is 14.4 Å². The number of para-hydroxylation sites is 1. The van der Waals surface area contributed by atoms with Crippen molar-refractivity contribution in [1.29, 1.82) is 0 Å². The number of pyridine rings is 1. The zero-order valence-corrected chi connectivity index (χ0v) is 23.8. The fourth-order valence-corrected chi connectivity index (χ4v) is 3.25. The topological polar surface area (TPSA) is 78.6 Å². The second-order valence-electron chi connectivity index (χ2n) is 8.07. The van der Waals surface area contributed by atoms with Gasteiger partial charge in [0.25, 0.3) is 0 Å². The van der Waals surface area contributed by atoms with E-state index in [1.807, 2.05) is 83.4 Å². The minimum atomic E-state index is -0.380. The maximum Gasteiger partial charge on any atom is 0.170 e. The van der Waals surface area contributed by atoms with Crippen molar-refractivity contribution < 1.29 is 9.13 Å². The summed E-state index contributed by atoms with van der Waals surface area (Å²) < 4.78 is 19.9. The summed E-state index contributed by atoms with van der Waals surface area (Å²) in [6, 6.07) is 9.82. The summed E-state index contributed by atoms with van der Waals surface area (Å²) in [5, 5.41) is 8.51. The summed E-state index contributed by atoms with van der Waals surface area (Å²) in [7, 11) is 1.67. The van der Waals surface area contributed by atoms with Crippen molar-refractivity contribution >= 4 is 0 Å². The zero-order chi connectivity index (χ0) is 28.0. The molecule has 0 bridgehead atoms. The van der Waals surface area contributed by atoms with Crippen molar-refractivity contribution in [3.05, 3.63) is 78.1 Å². The van der Waals surface area contributed by atoms with Crippen LogP contribution in [0.3, 0.4) is 0 Å². The number of nitrogens with zero attached hydrogens (tertiary/aromatic N) is 6. The van der Waals surface area contributed by atoms with E-state index in [9.17, 15) is 4.39 Å². The molecule has 0 aliphatic heterocycles. The van der Waals surface area contributed by atoms with E-state index in [4.69, 9.17) is 4.74 Å². The van der Waals surface area contributed by atoms with Crippen molar-refractivity contribution in [3.63, 3.8) is 0 Å². The molecular formula is C29H41FN6O. The number of benzene rings is 1.